The number of anilines is 1. The maximum absolute atomic E-state index is 11.7. The van der Waals surface area contributed by atoms with E-state index in [1.165, 1.54) is 25.3 Å². The number of nitrogens with one attached hydrogen (secondary N) is 1. The van der Waals surface area contributed by atoms with Crippen LogP contribution in [0, 0.1) is 16.0 Å². The monoisotopic (exact) mass is 300 g/mol. The van der Waals surface area contributed by atoms with Gasteiger partial charge in [-0.15, -0.1) is 0 Å². The molecule has 1 aromatic carbocycles. The van der Waals surface area contributed by atoms with Crippen molar-refractivity contribution in [1.82, 2.24) is 0 Å². The summed E-state index contributed by atoms with van der Waals surface area (Å²) in [5.74, 6) is -0.221. The van der Waals surface area contributed by atoms with E-state index in [9.17, 15) is 14.9 Å². The Hall–Kier alpha value is -1.82. The Morgan fingerprint density at radius 2 is 2.15 bits per heavy atom. The van der Waals surface area contributed by atoms with Gasteiger partial charge in [0.1, 0.15) is 11.7 Å². The number of rotatable bonds is 6. The Bertz CT molecular complexity index is 505. The third-order valence-electron chi connectivity index (χ3n) is 2.68. The first-order chi connectivity index (χ1) is 9.35. The molecule has 1 unspecified atom stereocenters. The lowest BCUT2D eigenvalue weighted by molar-refractivity contribution is -0.384. The lowest BCUT2D eigenvalue weighted by Crippen LogP contribution is -2.32. The van der Waals surface area contributed by atoms with Crippen molar-refractivity contribution in [3.05, 3.63) is 33.3 Å². The minimum Gasteiger partial charge on any atom is -0.467 e. The van der Waals surface area contributed by atoms with Crippen LogP contribution < -0.4 is 5.32 Å². The SMILES string of the molecule is COC(=O)C(CC(C)C)Nc1ccc(Cl)cc1[N+](=O)[O-]. The van der Waals surface area contributed by atoms with Gasteiger partial charge in [0, 0.05) is 11.1 Å². The highest BCUT2D eigenvalue weighted by molar-refractivity contribution is 6.30. The zero-order valence-corrected chi connectivity index (χ0v) is 12.3. The number of esters is 1. The molecule has 0 saturated carbocycles. The van der Waals surface area contributed by atoms with Crippen molar-refractivity contribution in [3.63, 3.8) is 0 Å². The number of nitrogens with zero attached hydrogens (tertiary/aromatic N) is 1. The van der Waals surface area contributed by atoms with Crippen LogP contribution in [0.15, 0.2) is 18.2 Å². The Morgan fingerprint density at radius 3 is 2.65 bits per heavy atom. The molecule has 7 heteroatoms. The Morgan fingerprint density at radius 1 is 1.50 bits per heavy atom. The number of nitro groups is 1. The second-order valence-electron chi connectivity index (χ2n) is 4.77. The van der Waals surface area contributed by atoms with E-state index in [0.717, 1.165) is 0 Å². The van der Waals surface area contributed by atoms with Crippen molar-refractivity contribution in [3.8, 4) is 0 Å². The van der Waals surface area contributed by atoms with Gasteiger partial charge in [0.25, 0.3) is 5.69 Å². The second kappa shape index (κ2) is 7.09. The lowest BCUT2D eigenvalue weighted by Gasteiger charge is -2.19. The molecule has 0 amide bonds. The summed E-state index contributed by atoms with van der Waals surface area (Å²) < 4.78 is 4.71. The first-order valence-corrected chi connectivity index (χ1v) is 6.51. The number of ether oxygens (including phenoxy) is 1. The number of nitro benzene ring substituents is 1. The number of hydrogen-bond donors (Lipinski definition) is 1. The number of halogens is 1. The van der Waals surface area contributed by atoms with E-state index in [4.69, 9.17) is 16.3 Å². The summed E-state index contributed by atoms with van der Waals surface area (Å²) >= 11 is 5.75. The number of carbonyl (C=O) groups excluding carboxylic acids is 1. The predicted molar refractivity (Wildman–Crippen MR) is 77.0 cm³/mol. The first-order valence-electron chi connectivity index (χ1n) is 6.13. The molecule has 110 valence electrons. The summed E-state index contributed by atoms with van der Waals surface area (Å²) in [6.07, 6.45) is 0.506. The van der Waals surface area contributed by atoms with Crippen LogP contribution in [0.4, 0.5) is 11.4 Å². The van der Waals surface area contributed by atoms with Gasteiger partial charge in [-0.3, -0.25) is 10.1 Å². The third-order valence-corrected chi connectivity index (χ3v) is 2.91. The Balaban J connectivity index is 3.04. The molecule has 0 heterocycles. The van der Waals surface area contributed by atoms with Gasteiger partial charge < -0.3 is 10.1 Å². The Kier molecular flexibility index (Phi) is 5.76. The van der Waals surface area contributed by atoms with Crippen molar-refractivity contribution in [1.29, 1.82) is 0 Å². The standard InChI is InChI=1S/C13H17ClN2O4/c1-8(2)6-11(13(17)20-3)15-10-5-4-9(14)7-12(10)16(18)19/h4-5,7-8,11,15H,6H2,1-3H3. The van der Waals surface area contributed by atoms with Gasteiger partial charge in [0.05, 0.1) is 12.0 Å². The molecule has 1 rings (SSSR count). The van der Waals surface area contributed by atoms with Crippen LogP contribution in [-0.4, -0.2) is 24.0 Å². The molecule has 0 aliphatic rings. The van der Waals surface area contributed by atoms with Gasteiger partial charge in [0.15, 0.2) is 0 Å². The number of benzene rings is 1. The van der Waals surface area contributed by atoms with Crippen molar-refractivity contribution < 1.29 is 14.5 Å². The van der Waals surface area contributed by atoms with Crippen LogP contribution in [0.2, 0.25) is 5.02 Å². The molecule has 0 aliphatic heterocycles. The molecule has 1 N–H and O–H groups in total. The summed E-state index contributed by atoms with van der Waals surface area (Å²) in [5.41, 5.74) is 0.0746. The van der Waals surface area contributed by atoms with Crippen LogP contribution in [0.3, 0.4) is 0 Å². The normalized spacial score (nSPS) is 12.1. The molecular formula is C13H17ClN2O4. The first kappa shape index (κ1) is 16.2. The highest BCUT2D eigenvalue weighted by Crippen LogP contribution is 2.29. The van der Waals surface area contributed by atoms with Crippen molar-refractivity contribution in [2.45, 2.75) is 26.3 Å². The van der Waals surface area contributed by atoms with Crippen LogP contribution in [0.5, 0.6) is 0 Å². The third kappa shape index (κ3) is 4.38. The summed E-state index contributed by atoms with van der Waals surface area (Å²) in [6, 6.07) is 3.62. The average molecular weight is 301 g/mol. The summed E-state index contributed by atoms with van der Waals surface area (Å²) in [6.45, 7) is 3.90. The largest absolute Gasteiger partial charge is 0.467 e. The fourth-order valence-corrected chi connectivity index (χ4v) is 1.96. The fourth-order valence-electron chi connectivity index (χ4n) is 1.79. The van der Waals surface area contributed by atoms with E-state index >= 15 is 0 Å². The zero-order valence-electron chi connectivity index (χ0n) is 11.6. The second-order valence-corrected chi connectivity index (χ2v) is 5.20. The molecule has 0 saturated heterocycles. The van der Waals surface area contributed by atoms with E-state index in [2.05, 4.69) is 5.32 Å². The van der Waals surface area contributed by atoms with Crippen molar-refractivity contribution in [2.75, 3.05) is 12.4 Å². The van der Waals surface area contributed by atoms with Crippen LogP contribution in [0.25, 0.3) is 0 Å². The smallest absolute Gasteiger partial charge is 0.328 e. The molecule has 0 aliphatic carbocycles. The lowest BCUT2D eigenvalue weighted by atomic mass is 10.0. The zero-order chi connectivity index (χ0) is 15.3. The van der Waals surface area contributed by atoms with Crippen LogP contribution in [0.1, 0.15) is 20.3 Å². The van der Waals surface area contributed by atoms with Gasteiger partial charge >= 0.3 is 5.97 Å². The molecular weight excluding hydrogens is 284 g/mol. The van der Waals surface area contributed by atoms with Gasteiger partial charge in [0.2, 0.25) is 0 Å². The number of carbonyl (C=O) groups is 1. The van der Waals surface area contributed by atoms with Crippen LogP contribution in [-0.2, 0) is 9.53 Å². The molecule has 20 heavy (non-hydrogen) atoms. The van der Waals surface area contributed by atoms with Gasteiger partial charge in [-0.05, 0) is 24.5 Å². The number of hydrogen-bond acceptors (Lipinski definition) is 5. The van der Waals surface area contributed by atoms with Crippen molar-refractivity contribution in [2.24, 2.45) is 5.92 Å². The molecule has 1 atom stereocenters. The van der Waals surface area contributed by atoms with Crippen LogP contribution >= 0.6 is 11.6 Å². The van der Waals surface area contributed by atoms with E-state index in [-0.39, 0.29) is 22.3 Å². The Labute approximate surface area is 122 Å². The maximum Gasteiger partial charge on any atom is 0.328 e. The fraction of sp³-hybridized carbons (Fsp3) is 0.462. The van der Waals surface area contributed by atoms with E-state index in [1.54, 1.807) is 0 Å². The maximum atomic E-state index is 11.7. The molecule has 6 nitrogen and oxygen atoms in total. The molecule has 0 fully saturated rings. The summed E-state index contributed by atoms with van der Waals surface area (Å²) in [7, 11) is 1.29. The van der Waals surface area contributed by atoms with E-state index in [1.807, 2.05) is 13.8 Å². The average Bonchev–Trinajstić information content (AvgIpc) is 2.38. The molecule has 0 bridgehead atoms. The van der Waals surface area contributed by atoms with Crippen molar-refractivity contribution >= 4 is 28.9 Å². The van der Waals surface area contributed by atoms with Gasteiger partial charge in [-0.1, -0.05) is 25.4 Å². The molecule has 0 aromatic heterocycles. The van der Waals surface area contributed by atoms with E-state index in [0.29, 0.717) is 6.42 Å². The highest BCUT2D eigenvalue weighted by atomic mass is 35.5. The van der Waals surface area contributed by atoms with Gasteiger partial charge in [-0.2, -0.15) is 0 Å². The molecule has 0 spiro atoms. The predicted octanol–water partition coefficient (Wildman–Crippen LogP) is 3.25. The van der Waals surface area contributed by atoms with Gasteiger partial charge in [-0.25, -0.2) is 4.79 Å². The number of methoxy groups -OCH3 is 1. The topological polar surface area (TPSA) is 81.5 Å². The summed E-state index contributed by atoms with van der Waals surface area (Å²) in [5, 5.41) is 14.1. The summed E-state index contributed by atoms with van der Waals surface area (Å²) in [4.78, 5) is 22.2. The minimum absolute atomic E-state index is 0.171. The van der Waals surface area contributed by atoms with E-state index < -0.39 is 16.9 Å². The molecule has 0 radical (unpaired) electrons. The molecule has 1 aromatic rings. The minimum atomic E-state index is -0.639. The highest BCUT2D eigenvalue weighted by Gasteiger charge is 2.24. The quantitative estimate of drug-likeness (QED) is 0.495.